The van der Waals surface area contributed by atoms with Gasteiger partial charge >= 0.3 is 0 Å². The van der Waals surface area contributed by atoms with Crippen LogP contribution in [0.2, 0.25) is 0 Å². The molecule has 2 fully saturated rings. The average Bonchev–Trinajstić information content (AvgIpc) is 2.87. The molecule has 1 saturated carbocycles. The van der Waals surface area contributed by atoms with E-state index in [4.69, 9.17) is 0 Å². The van der Waals surface area contributed by atoms with Crippen LogP contribution in [0.4, 0.5) is 0 Å². The monoisotopic (exact) mass is 281 g/mol. The Hall–Kier alpha value is -0.950. The first-order valence-corrected chi connectivity index (χ1v) is 8.19. The number of sulfonamides is 1. The van der Waals surface area contributed by atoms with Crippen molar-refractivity contribution in [2.45, 2.75) is 36.2 Å². The predicted molar refractivity (Wildman–Crippen MR) is 72.8 cm³/mol. The highest BCUT2D eigenvalue weighted by Crippen LogP contribution is 2.27. The normalized spacial score (nSPS) is 31.1. The molecule has 1 aromatic carbocycles. The van der Waals surface area contributed by atoms with Gasteiger partial charge in [0.2, 0.25) is 10.0 Å². The molecule has 2 aliphatic rings. The molecule has 1 heterocycles. The maximum atomic E-state index is 12.2. The highest BCUT2D eigenvalue weighted by Gasteiger charge is 2.35. The Kier molecular flexibility index (Phi) is 3.58. The van der Waals surface area contributed by atoms with E-state index in [0.717, 1.165) is 25.8 Å². The van der Waals surface area contributed by atoms with E-state index in [-0.39, 0.29) is 6.04 Å². The van der Waals surface area contributed by atoms with Crippen molar-refractivity contribution in [1.82, 2.24) is 15.6 Å². The molecule has 0 aromatic heterocycles. The summed E-state index contributed by atoms with van der Waals surface area (Å²) < 4.78 is 27.3. The lowest BCUT2D eigenvalue weighted by atomic mass is 9.83. The Morgan fingerprint density at radius 3 is 2.74 bits per heavy atom. The van der Waals surface area contributed by atoms with Crippen LogP contribution in [0.1, 0.15) is 19.3 Å². The standard InChI is InChI=1S/C13H19N3O2S/c17-19(18,12-4-2-1-3-5-12)16-11-7-6-10-9-14-15-13(10)8-11/h1-5,10-11,13-16H,6-9H2. The van der Waals surface area contributed by atoms with Gasteiger partial charge in [-0.05, 0) is 37.3 Å². The van der Waals surface area contributed by atoms with Crippen LogP contribution in [0.5, 0.6) is 0 Å². The van der Waals surface area contributed by atoms with Crippen molar-refractivity contribution in [2.75, 3.05) is 6.54 Å². The summed E-state index contributed by atoms with van der Waals surface area (Å²) in [5.74, 6) is 0.637. The number of rotatable bonds is 3. The lowest BCUT2D eigenvalue weighted by Gasteiger charge is -2.31. The van der Waals surface area contributed by atoms with Gasteiger partial charge in [-0.1, -0.05) is 18.2 Å². The molecule has 0 spiro atoms. The molecule has 0 bridgehead atoms. The summed E-state index contributed by atoms with van der Waals surface area (Å²) in [5.41, 5.74) is 6.38. The quantitative estimate of drug-likeness (QED) is 0.759. The minimum Gasteiger partial charge on any atom is -0.257 e. The van der Waals surface area contributed by atoms with Gasteiger partial charge in [0, 0.05) is 18.6 Å². The van der Waals surface area contributed by atoms with Crippen LogP contribution in [-0.4, -0.2) is 27.0 Å². The molecule has 104 valence electrons. The maximum Gasteiger partial charge on any atom is 0.240 e. The second-order valence-electron chi connectivity index (χ2n) is 5.34. The lowest BCUT2D eigenvalue weighted by Crippen LogP contribution is -2.45. The second kappa shape index (κ2) is 5.20. The maximum absolute atomic E-state index is 12.2. The zero-order chi connectivity index (χ0) is 13.3. The van der Waals surface area contributed by atoms with Gasteiger partial charge in [0.1, 0.15) is 0 Å². The van der Waals surface area contributed by atoms with Crippen LogP contribution in [0.15, 0.2) is 35.2 Å². The van der Waals surface area contributed by atoms with Crippen LogP contribution in [0, 0.1) is 5.92 Å². The third-order valence-corrected chi connectivity index (χ3v) is 5.56. The molecule has 3 N–H and O–H groups in total. The van der Waals surface area contributed by atoms with Crippen molar-refractivity contribution in [3.8, 4) is 0 Å². The fourth-order valence-corrected chi connectivity index (χ4v) is 4.27. The lowest BCUT2D eigenvalue weighted by molar-refractivity contribution is 0.291. The van der Waals surface area contributed by atoms with Gasteiger partial charge in [-0.25, -0.2) is 13.1 Å². The Labute approximate surface area is 113 Å². The minimum atomic E-state index is -3.39. The van der Waals surface area contributed by atoms with Gasteiger partial charge in [-0.2, -0.15) is 0 Å². The van der Waals surface area contributed by atoms with Crippen LogP contribution in [0.3, 0.4) is 0 Å². The summed E-state index contributed by atoms with van der Waals surface area (Å²) in [6.07, 6.45) is 2.83. The smallest absolute Gasteiger partial charge is 0.240 e. The first kappa shape index (κ1) is 13.1. The first-order chi connectivity index (χ1) is 9.15. The summed E-state index contributed by atoms with van der Waals surface area (Å²) in [5, 5.41) is 0. The molecule has 0 radical (unpaired) electrons. The molecule has 3 atom stereocenters. The minimum absolute atomic E-state index is 0.0267. The van der Waals surface area contributed by atoms with Crippen LogP contribution in [-0.2, 0) is 10.0 Å². The second-order valence-corrected chi connectivity index (χ2v) is 7.05. The SMILES string of the molecule is O=S(=O)(NC1CCC2CNNC2C1)c1ccccc1. The van der Waals surface area contributed by atoms with Crippen molar-refractivity contribution < 1.29 is 8.42 Å². The summed E-state index contributed by atoms with van der Waals surface area (Å²) in [7, 11) is -3.39. The van der Waals surface area contributed by atoms with Crippen LogP contribution >= 0.6 is 0 Å². The fraction of sp³-hybridized carbons (Fsp3) is 0.538. The Morgan fingerprint density at radius 2 is 1.95 bits per heavy atom. The van der Waals surface area contributed by atoms with E-state index in [1.807, 2.05) is 6.07 Å². The summed E-state index contributed by atoms with van der Waals surface area (Å²) in [6.45, 7) is 0.989. The fourth-order valence-electron chi connectivity index (χ4n) is 2.97. The molecule has 0 amide bonds. The van der Waals surface area contributed by atoms with E-state index < -0.39 is 10.0 Å². The number of fused-ring (bicyclic) bond motifs is 1. The number of hydrogen-bond acceptors (Lipinski definition) is 4. The van der Waals surface area contributed by atoms with E-state index in [0.29, 0.717) is 16.9 Å². The summed E-state index contributed by atoms with van der Waals surface area (Å²) in [6, 6.07) is 8.98. The first-order valence-electron chi connectivity index (χ1n) is 6.71. The molecule has 6 heteroatoms. The summed E-state index contributed by atoms with van der Waals surface area (Å²) in [4.78, 5) is 0.342. The van der Waals surface area contributed by atoms with Gasteiger partial charge in [-0.3, -0.25) is 10.9 Å². The largest absolute Gasteiger partial charge is 0.257 e. The Morgan fingerprint density at radius 1 is 1.16 bits per heavy atom. The molecule has 1 saturated heterocycles. The highest BCUT2D eigenvalue weighted by atomic mass is 32.2. The van der Waals surface area contributed by atoms with Gasteiger partial charge in [0.25, 0.3) is 0 Å². The van der Waals surface area contributed by atoms with Gasteiger partial charge in [0.05, 0.1) is 4.90 Å². The number of benzene rings is 1. The third kappa shape index (κ3) is 2.81. The van der Waals surface area contributed by atoms with Gasteiger partial charge in [-0.15, -0.1) is 0 Å². The molecular weight excluding hydrogens is 262 g/mol. The van der Waals surface area contributed by atoms with E-state index in [1.165, 1.54) is 0 Å². The number of hydrazine groups is 1. The molecule has 5 nitrogen and oxygen atoms in total. The molecule has 3 unspecified atom stereocenters. The molecule has 1 aliphatic carbocycles. The molecule has 1 aliphatic heterocycles. The van der Waals surface area contributed by atoms with Gasteiger partial charge in [0.15, 0.2) is 0 Å². The van der Waals surface area contributed by atoms with Gasteiger partial charge < -0.3 is 0 Å². The van der Waals surface area contributed by atoms with Crippen molar-refractivity contribution in [2.24, 2.45) is 5.92 Å². The molecule has 19 heavy (non-hydrogen) atoms. The average molecular weight is 281 g/mol. The zero-order valence-electron chi connectivity index (χ0n) is 10.7. The van der Waals surface area contributed by atoms with Crippen molar-refractivity contribution in [3.05, 3.63) is 30.3 Å². The van der Waals surface area contributed by atoms with E-state index >= 15 is 0 Å². The molecule has 3 rings (SSSR count). The van der Waals surface area contributed by atoms with Crippen molar-refractivity contribution in [3.63, 3.8) is 0 Å². The number of nitrogens with one attached hydrogen (secondary N) is 3. The van der Waals surface area contributed by atoms with E-state index in [2.05, 4.69) is 15.6 Å². The molecular formula is C13H19N3O2S. The van der Waals surface area contributed by atoms with Crippen LogP contribution in [0.25, 0.3) is 0 Å². The topological polar surface area (TPSA) is 70.2 Å². The van der Waals surface area contributed by atoms with Crippen LogP contribution < -0.4 is 15.6 Å². The number of hydrogen-bond donors (Lipinski definition) is 3. The van der Waals surface area contributed by atoms with E-state index in [1.54, 1.807) is 24.3 Å². The summed E-state index contributed by atoms with van der Waals surface area (Å²) >= 11 is 0. The molecule has 1 aromatic rings. The third-order valence-electron chi connectivity index (χ3n) is 4.02. The highest BCUT2D eigenvalue weighted by molar-refractivity contribution is 7.89. The van der Waals surface area contributed by atoms with Crippen molar-refractivity contribution >= 4 is 10.0 Å². The Bertz CT molecular complexity index is 532. The Balaban J connectivity index is 1.68. The predicted octanol–water partition coefficient (Wildman–Crippen LogP) is 0.610. The zero-order valence-corrected chi connectivity index (χ0v) is 11.5. The van der Waals surface area contributed by atoms with Crippen molar-refractivity contribution in [1.29, 1.82) is 0 Å². The van der Waals surface area contributed by atoms with E-state index in [9.17, 15) is 8.42 Å².